The van der Waals surface area contributed by atoms with Gasteiger partial charge in [-0.05, 0) is 29.7 Å². The number of aromatic hydroxyl groups is 1. The maximum Gasteiger partial charge on any atom is 0.319 e. The summed E-state index contributed by atoms with van der Waals surface area (Å²) in [6.45, 7) is 0. The second-order valence-electron chi connectivity index (χ2n) is 4.71. The summed E-state index contributed by atoms with van der Waals surface area (Å²) >= 11 is 0. The summed E-state index contributed by atoms with van der Waals surface area (Å²) in [5.74, 6) is -0.774. The number of rotatable bonds is 6. The molecule has 2 aromatic rings. The van der Waals surface area contributed by atoms with Gasteiger partial charge in [0.2, 0.25) is 0 Å². The lowest BCUT2D eigenvalue weighted by Gasteiger charge is -2.12. The summed E-state index contributed by atoms with van der Waals surface area (Å²) in [4.78, 5) is 11.4. The molecule has 0 radical (unpaired) electrons. The van der Waals surface area contributed by atoms with Crippen LogP contribution in [0.15, 0.2) is 54.6 Å². The van der Waals surface area contributed by atoms with E-state index in [1.807, 2.05) is 30.3 Å². The van der Waals surface area contributed by atoms with E-state index in [0.717, 1.165) is 11.1 Å². The van der Waals surface area contributed by atoms with Crippen molar-refractivity contribution >= 4 is 16.8 Å². The van der Waals surface area contributed by atoms with E-state index >= 15 is 0 Å². The Morgan fingerprint density at radius 1 is 1.00 bits per heavy atom. The molecule has 0 aliphatic carbocycles. The minimum absolute atomic E-state index is 0.128. The van der Waals surface area contributed by atoms with Crippen LogP contribution in [0.4, 0.5) is 0 Å². The van der Waals surface area contributed by atoms with Crippen molar-refractivity contribution in [3.63, 3.8) is 0 Å². The minimum Gasteiger partial charge on any atom is -0.508 e. The Labute approximate surface area is 125 Å². The van der Waals surface area contributed by atoms with Gasteiger partial charge in [0.25, 0.3) is 0 Å². The van der Waals surface area contributed by atoms with Gasteiger partial charge < -0.3 is 10.2 Å². The molecule has 0 bridgehead atoms. The first-order valence-corrected chi connectivity index (χ1v) is 7.86. The molecule has 2 rings (SSSR count). The lowest BCUT2D eigenvalue weighted by atomic mass is 10.1. The number of aliphatic carboxylic acids is 1. The highest BCUT2D eigenvalue weighted by Gasteiger charge is 2.25. The Balaban J connectivity index is 2.09. The fourth-order valence-electron chi connectivity index (χ4n) is 1.98. The van der Waals surface area contributed by atoms with Gasteiger partial charge in [-0.25, -0.2) is 0 Å². The largest absolute Gasteiger partial charge is 0.508 e. The second-order valence-corrected chi connectivity index (χ2v) is 6.33. The Hall–Kier alpha value is -2.14. The molecule has 2 aromatic carbocycles. The van der Waals surface area contributed by atoms with Gasteiger partial charge in [-0.1, -0.05) is 42.5 Å². The molecule has 2 unspecified atom stereocenters. The van der Waals surface area contributed by atoms with Crippen LogP contribution >= 0.6 is 0 Å². The monoisotopic (exact) mass is 304 g/mol. The van der Waals surface area contributed by atoms with Crippen LogP contribution in [0, 0.1) is 0 Å². The van der Waals surface area contributed by atoms with Crippen molar-refractivity contribution < 1.29 is 19.2 Å². The van der Waals surface area contributed by atoms with Crippen LogP contribution in [0.5, 0.6) is 5.75 Å². The van der Waals surface area contributed by atoms with E-state index in [0.29, 0.717) is 0 Å². The summed E-state index contributed by atoms with van der Waals surface area (Å²) < 4.78 is 12.3. The molecule has 0 spiro atoms. The molecule has 0 heterocycles. The summed E-state index contributed by atoms with van der Waals surface area (Å²) in [7, 11) is -1.53. The highest BCUT2D eigenvalue weighted by molar-refractivity contribution is 7.85. The number of carboxylic acids is 1. The zero-order chi connectivity index (χ0) is 15.2. The highest BCUT2D eigenvalue weighted by Crippen LogP contribution is 2.15. The molecule has 0 saturated carbocycles. The van der Waals surface area contributed by atoms with Crippen molar-refractivity contribution in [3.05, 3.63) is 65.7 Å². The van der Waals surface area contributed by atoms with E-state index < -0.39 is 22.0 Å². The van der Waals surface area contributed by atoms with Crippen molar-refractivity contribution in [1.82, 2.24) is 0 Å². The quantitative estimate of drug-likeness (QED) is 0.859. The normalized spacial score (nSPS) is 13.5. The first kappa shape index (κ1) is 15.3. The van der Waals surface area contributed by atoms with Crippen molar-refractivity contribution in [1.29, 1.82) is 0 Å². The zero-order valence-electron chi connectivity index (χ0n) is 11.3. The average Bonchev–Trinajstić information content (AvgIpc) is 2.48. The predicted molar refractivity (Wildman–Crippen MR) is 81.5 cm³/mol. The Kier molecular flexibility index (Phi) is 5.11. The van der Waals surface area contributed by atoms with E-state index in [1.165, 1.54) is 12.1 Å². The molecular weight excluding hydrogens is 288 g/mol. The second kappa shape index (κ2) is 7.04. The molecule has 0 aliphatic rings. The molecule has 0 fully saturated rings. The third-order valence-electron chi connectivity index (χ3n) is 3.10. The Morgan fingerprint density at radius 3 is 2.19 bits per heavy atom. The molecule has 2 N–H and O–H groups in total. The summed E-state index contributed by atoms with van der Waals surface area (Å²) in [5.41, 5.74) is 1.59. The van der Waals surface area contributed by atoms with E-state index in [4.69, 9.17) is 0 Å². The topological polar surface area (TPSA) is 74.6 Å². The third kappa shape index (κ3) is 4.43. The lowest BCUT2D eigenvalue weighted by Crippen LogP contribution is -2.29. The molecule has 4 nitrogen and oxygen atoms in total. The molecule has 110 valence electrons. The van der Waals surface area contributed by atoms with Gasteiger partial charge in [0, 0.05) is 16.6 Å². The number of phenols is 1. The molecule has 0 aliphatic heterocycles. The highest BCUT2D eigenvalue weighted by atomic mass is 32.2. The number of carbonyl (C=O) groups is 1. The summed E-state index contributed by atoms with van der Waals surface area (Å²) in [6.07, 6.45) is 0.237. The fraction of sp³-hybridized carbons (Fsp3) is 0.188. The molecule has 0 amide bonds. The van der Waals surface area contributed by atoms with Crippen LogP contribution < -0.4 is 0 Å². The van der Waals surface area contributed by atoms with E-state index in [-0.39, 0.29) is 17.9 Å². The zero-order valence-corrected chi connectivity index (χ0v) is 12.1. The van der Waals surface area contributed by atoms with Crippen molar-refractivity contribution in [2.24, 2.45) is 0 Å². The smallest absolute Gasteiger partial charge is 0.319 e. The van der Waals surface area contributed by atoms with Gasteiger partial charge in [-0.2, -0.15) is 0 Å². The maximum absolute atomic E-state index is 12.3. The first-order valence-electron chi connectivity index (χ1n) is 6.48. The van der Waals surface area contributed by atoms with Crippen molar-refractivity contribution in [2.45, 2.75) is 17.4 Å². The van der Waals surface area contributed by atoms with Gasteiger partial charge in [0.15, 0.2) is 0 Å². The van der Waals surface area contributed by atoms with E-state index in [9.17, 15) is 19.2 Å². The van der Waals surface area contributed by atoms with Crippen LogP contribution in [0.25, 0.3) is 0 Å². The molecule has 0 aromatic heterocycles. The van der Waals surface area contributed by atoms with Gasteiger partial charge in [0.05, 0.1) is 0 Å². The van der Waals surface area contributed by atoms with E-state index in [1.54, 1.807) is 12.1 Å². The average molecular weight is 304 g/mol. The van der Waals surface area contributed by atoms with Crippen LogP contribution in [0.3, 0.4) is 0 Å². The van der Waals surface area contributed by atoms with Gasteiger partial charge in [-0.15, -0.1) is 0 Å². The van der Waals surface area contributed by atoms with Gasteiger partial charge in [0.1, 0.15) is 11.0 Å². The Morgan fingerprint density at radius 2 is 1.62 bits per heavy atom. The predicted octanol–water partition coefficient (Wildman–Crippen LogP) is 2.34. The Bertz CT molecular complexity index is 622. The molecule has 0 saturated heterocycles. The number of hydrogen-bond acceptors (Lipinski definition) is 3. The van der Waals surface area contributed by atoms with Crippen LogP contribution in [0.2, 0.25) is 0 Å². The minimum atomic E-state index is -1.53. The number of benzene rings is 2. The maximum atomic E-state index is 12.3. The standard InChI is InChI=1S/C16H16O4S/c17-14-8-6-13(7-9-14)11-21(20)15(16(18)19)10-12-4-2-1-3-5-12/h1-9,15,17H,10-11H2,(H,18,19). The first-order chi connectivity index (χ1) is 10.1. The van der Waals surface area contributed by atoms with Crippen LogP contribution in [-0.2, 0) is 27.8 Å². The molecule has 21 heavy (non-hydrogen) atoms. The SMILES string of the molecule is O=C(O)C(Cc1ccccc1)S(=O)Cc1ccc(O)cc1. The fourth-order valence-corrected chi connectivity index (χ4v) is 3.30. The third-order valence-corrected chi connectivity index (χ3v) is 4.72. The van der Waals surface area contributed by atoms with E-state index in [2.05, 4.69) is 0 Å². The van der Waals surface area contributed by atoms with Crippen molar-refractivity contribution in [2.75, 3.05) is 0 Å². The van der Waals surface area contributed by atoms with Crippen LogP contribution in [-0.4, -0.2) is 25.6 Å². The van der Waals surface area contributed by atoms with Gasteiger partial charge in [-0.3, -0.25) is 9.00 Å². The number of carboxylic acid groups (broad SMARTS) is 1. The molecule has 5 heteroatoms. The summed E-state index contributed by atoms with van der Waals surface area (Å²) in [5, 5.41) is 17.6. The van der Waals surface area contributed by atoms with Gasteiger partial charge >= 0.3 is 5.97 Å². The lowest BCUT2D eigenvalue weighted by molar-refractivity contribution is -0.136. The summed E-state index contributed by atoms with van der Waals surface area (Å²) in [6, 6.07) is 15.5. The molecule has 2 atom stereocenters. The number of phenolic OH excluding ortho intramolecular Hbond substituents is 1. The molecular formula is C16H16O4S. The number of hydrogen-bond donors (Lipinski definition) is 2. The van der Waals surface area contributed by atoms with Crippen molar-refractivity contribution in [3.8, 4) is 5.75 Å². The van der Waals surface area contributed by atoms with Crippen LogP contribution in [0.1, 0.15) is 11.1 Å².